The van der Waals surface area contributed by atoms with Crippen LogP contribution in [0.25, 0.3) is 6.08 Å². The second-order valence-electron chi connectivity index (χ2n) is 4.96. The molecular formula is C18H15F2NO3. The number of benzene rings is 2. The van der Waals surface area contributed by atoms with Gasteiger partial charge in [-0.3, -0.25) is 9.59 Å². The Hall–Kier alpha value is -3.02. The van der Waals surface area contributed by atoms with Crippen molar-refractivity contribution in [3.63, 3.8) is 0 Å². The van der Waals surface area contributed by atoms with Crippen LogP contribution in [0.4, 0.5) is 14.5 Å². The molecule has 0 spiro atoms. The summed E-state index contributed by atoms with van der Waals surface area (Å²) in [7, 11) is 1.44. The van der Waals surface area contributed by atoms with E-state index in [2.05, 4.69) is 5.32 Å². The molecule has 0 radical (unpaired) electrons. The number of ketones is 1. The number of amides is 1. The zero-order chi connectivity index (χ0) is 17.7. The predicted molar refractivity (Wildman–Crippen MR) is 87.0 cm³/mol. The highest BCUT2D eigenvalue weighted by molar-refractivity contribution is 6.08. The third-order valence-corrected chi connectivity index (χ3v) is 3.17. The van der Waals surface area contributed by atoms with Crippen molar-refractivity contribution in [2.75, 3.05) is 12.4 Å². The van der Waals surface area contributed by atoms with Crippen molar-refractivity contribution in [1.82, 2.24) is 0 Å². The summed E-state index contributed by atoms with van der Waals surface area (Å²) in [6, 6.07) is 7.63. The van der Waals surface area contributed by atoms with Crippen molar-refractivity contribution >= 4 is 23.5 Å². The molecule has 1 amide bonds. The van der Waals surface area contributed by atoms with Gasteiger partial charge in [-0.2, -0.15) is 0 Å². The molecule has 6 heteroatoms. The molecule has 0 bridgehead atoms. The van der Waals surface area contributed by atoms with Crippen LogP contribution in [0.5, 0.6) is 5.75 Å². The van der Waals surface area contributed by atoms with Gasteiger partial charge >= 0.3 is 0 Å². The minimum absolute atomic E-state index is 0.0975. The van der Waals surface area contributed by atoms with E-state index < -0.39 is 17.4 Å². The summed E-state index contributed by atoms with van der Waals surface area (Å²) in [5.74, 6) is -1.73. The maximum atomic E-state index is 13.5. The largest absolute Gasteiger partial charge is 0.495 e. The van der Waals surface area contributed by atoms with Crippen molar-refractivity contribution in [1.29, 1.82) is 0 Å². The van der Waals surface area contributed by atoms with Crippen LogP contribution in [0.1, 0.15) is 22.8 Å². The van der Waals surface area contributed by atoms with Gasteiger partial charge in [0, 0.05) is 24.1 Å². The number of rotatable bonds is 5. The molecule has 0 atom stereocenters. The molecule has 2 aromatic carbocycles. The fraction of sp³-hybridized carbons (Fsp3) is 0.111. The highest BCUT2D eigenvalue weighted by Crippen LogP contribution is 2.26. The van der Waals surface area contributed by atoms with Crippen molar-refractivity contribution < 1.29 is 23.1 Å². The molecule has 124 valence electrons. The molecule has 0 unspecified atom stereocenters. The first-order valence-electron chi connectivity index (χ1n) is 7.04. The van der Waals surface area contributed by atoms with Gasteiger partial charge in [-0.15, -0.1) is 0 Å². The molecule has 0 aliphatic carbocycles. The highest BCUT2D eigenvalue weighted by atomic mass is 19.1. The maximum absolute atomic E-state index is 13.5. The third kappa shape index (κ3) is 4.25. The van der Waals surface area contributed by atoms with Gasteiger partial charge < -0.3 is 10.1 Å². The monoisotopic (exact) mass is 331 g/mol. The number of carbonyl (C=O) groups is 2. The molecule has 0 heterocycles. The van der Waals surface area contributed by atoms with Crippen molar-refractivity contribution in [2.45, 2.75) is 6.92 Å². The summed E-state index contributed by atoms with van der Waals surface area (Å²) < 4.78 is 31.5. The van der Waals surface area contributed by atoms with Crippen LogP contribution in [-0.4, -0.2) is 18.8 Å². The first-order valence-corrected chi connectivity index (χ1v) is 7.04. The molecule has 1 N–H and O–H groups in total. The zero-order valence-electron chi connectivity index (χ0n) is 13.1. The summed E-state index contributed by atoms with van der Waals surface area (Å²) in [4.78, 5) is 23.4. The van der Waals surface area contributed by atoms with E-state index in [-0.39, 0.29) is 11.5 Å². The Morgan fingerprint density at radius 1 is 1.12 bits per heavy atom. The average molecular weight is 331 g/mol. The number of allylic oxidation sites excluding steroid dienone is 1. The second kappa shape index (κ2) is 7.50. The van der Waals surface area contributed by atoms with Crippen LogP contribution in [0, 0.1) is 11.6 Å². The number of halogens is 2. The molecular weight excluding hydrogens is 316 g/mol. The van der Waals surface area contributed by atoms with E-state index in [0.717, 1.165) is 12.1 Å². The zero-order valence-corrected chi connectivity index (χ0v) is 13.1. The number of carbonyl (C=O) groups excluding carboxylic acids is 2. The summed E-state index contributed by atoms with van der Waals surface area (Å²) in [6.45, 7) is 1.34. The smallest absolute Gasteiger partial charge is 0.221 e. The molecule has 0 aliphatic rings. The molecule has 24 heavy (non-hydrogen) atoms. The Kier molecular flexibility index (Phi) is 5.42. The van der Waals surface area contributed by atoms with Crippen LogP contribution in [0.3, 0.4) is 0 Å². The Morgan fingerprint density at radius 3 is 2.50 bits per heavy atom. The average Bonchev–Trinajstić information content (AvgIpc) is 2.53. The van der Waals surface area contributed by atoms with Gasteiger partial charge in [-0.25, -0.2) is 8.78 Å². The van der Waals surface area contributed by atoms with Gasteiger partial charge in [0.2, 0.25) is 5.91 Å². The normalized spacial score (nSPS) is 10.7. The number of hydrogen-bond acceptors (Lipinski definition) is 3. The standard InChI is InChI=1S/C18H15F2NO3/c1-11(22)21-16-9-13(5-8-18(16)24-2)17(23)7-4-12-3-6-14(19)10-15(12)20/h3-10H,1-2H3,(H,21,22)/b7-4+. The molecule has 0 saturated carbocycles. The molecule has 0 saturated heterocycles. The van der Waals surface area contributed by atoms with E-state index in [4.69, 9.17) is 4.74 Å². The van der Waals surface area contributed by atoms with Crippen molar-refractivity contribution in [3.8, 4) is 5.75 Å². The van der Waals surface area contributed by atoms with E-state index in [1.807, 2.05) is 0 Å². The van der Waals surface area contributed by atoms with E-state index >= 15 is 0 Å². The Labute approximate surface area is 137 Å². The summed E-state index contributed by atoms with van der Waals surface area (Å²) >= 11 is 0. The van der Waals surface area contributed by atoms with Crippen LogP contribution >= 0.6 is 0 Å². The summed E-state index contributed by atoms with van der Waals surface area (Å²) in [5.41, 5.74) is 0.746. The predicted octanol–water partition coefficient (Wildman–Crippen LogP) is 3.83. The van der Waals surface area contributed by atoms with E-state index in [1.165, 1.54) is 44.4 Å². The van der Waals surface area contributed by atoms with Crippen LogP contribution < -0.4 is 10.1 Å². The van der Waals surface area contributed by atoms with E-state index in [1.54, 1.807) is 6.07 Å². The highest BCUT2D eigenvalue weighted by Gasteiger charge is 2.10. The van der Waals surface area contributed by atoms with E-state index in [9.17, 15) is 18.4 Å². The van der Waals surface area contributed by atoms with Gasteiger partial charge in [0.1, 0.15) is 17.4 Å². The minimum Gasteiger partial charge on any atom is -0.495 e. The van der Waals surface area contributed by atoms with Crippen LogP contribution in [0.15, 0.2) is 42.5 Å². The van der Waals surface area contributed by atoms with E-state index in [0.29, 0.717) is 17.0 Å². The minimum atomic E-state index is -0.757. The fourth-order valence-corrected chi connectivity index (χ4v) is 2.05. The lowest BCUT2D eigenvalue weighted by Gasteiger charge is -2.09. The van der Waals surface area contributed by atoms with Gasteiger partial charge in [-0.05, 0) is 42.5 Å². The molecule has 0 aromatic heterocycles. The van der Waals surface area contributed by atoms with Gasteiger partial charge in [-0.1, -0.05) is 0 Å². The first-order chi connectivity index (χ1) is 11.4. The fourth-order valence-electron chi connectivity index (χ4n) is 2.05. The number of methoxy groups -OCH3 is 1. The molecule has 0 aliphatic heterocycles. The second-order valence-corrected chi connectivity index (χ2v) is 4.96. The number of nitrogens with one attached hydrogen (secondary N) is 1. The Balaban J connectivity index is 2.26. The number of anilines is 1. The topological polar surface area (TPSA) is 55.4 Å². The Bertz CT molecular complexity index is 816. The van der Waals surface area contributed by atoms with Crippen molar-refractivity contribution in [2.24, 2.45) is 0 Å². The van der Waals surface area contributed by atoms with Gasteiger partial charge in [0.25, 0.3) is 0 Å². The molecule has 2 rings (SSSR count). The maximum Gasteiger partial charge on any atom is 0.221 e. The third-order valence-electron chi connectivity index (χ3n) is 3.17. The van der Waals surface area contributed by atoms with Gasteiger partial charge in [0.05, 0.1) is 12.8 Å². The lowest BCUT2D eigenvalue weighted by Crippen LogP contribution is -2.08. The lowest BCUT2D eigenvalue weighted by molar-refractivity contribution is -0.114. The summed E-state index contributed by atoms with van der Waals surface area (Å²) in [6.07, 6.45) is 2.44. The Morgan fingerprint density at radius 2 is 1.88 bits per heavy atom. The lowest BCUT2D eigenvalue weighted by atomic mass is 10.1. The van der Waals surface area contributed by atoms with Crippen LogP contribution in [-0.2, 0) is 4.79 Å². The number of hydrogen-bond donors (Lipinski definition) is 1. The summed E-state index contributed by atoms with van der Waals surface area (Å²) in [5, 5.41) is 2.57. The molecule has 2 aromatic rings. The van der Waals surface area contributed by atoms with Gasteiger partial charge in [0.15, 0.2) is 5.78 Å². The SMILES string of the molecule is COc1ccc(C(=O)/C=C/c2ccc(F)cc2F)cc1NC(C)=O. The molecule has 4 nitrogen and oxygen atoms in total. The first kappa shape index (κ1) is 17.3. The van der Waals surface area contributed by atoms with Crippen molar-refractivity contribution in [3.05, 3.63) is 65.2 Å². The molecule has 0 fully saturated rings. The number of ether oxygens (including phenoxy) is 1. The van der Waals surface area contributed by atoms with Crippen LogP contribution in [0.2, 0.25) is 0 Å². The quantitative estimate of drug-likeness (QED) is 0.669.